The van der Waals surface area contributed by atoms with Crippen LogP contribution in [0.15, 0.2) is 162 Å². The second kappa shape index (κ2) is 12.2. The molecule has 0 bridgehead atoms. The summed E-state index contributed by atoms with van der Waals surface area (Å²) in [5.41, 5.74) is 13.3. The lowest BCUT2D eigenvalue weighted by Gasteiger charge is -2.29. The molecule has 246 valence electrons. The molecule has 0 amide bonds. The van der Waals surface area contributed by atoms with Gasteiger partial charge in [-0.1, -0.05) is 109 Å². The van der Waals surface area contributed by atoms with Gasteiger partial charge in [-0.3, -0.25) is 0 Å². The summed E-state index contributed by atoms with van der Waals surface area (Å²) < 4.78 is 7.05. The van der Waals surface area contributed by atoms with Crippen LogP contribution in [0.4, 0.5) is 34.1 Å². The highest BCUT2D eigenvalue weighted by molar-refractivity contribution is 6.30. The minimum Gasteiger partial charge on any atom is -0.456 e. The maximum Gasteiger partial charge on any atom is 0.138 e. The second-order valence-corrected chi connectivity index (χ2v) is 13.7. The Kier molecular flexibility index (Phi) is 7.36. The lowest BCUT2D eigenvalue weighted by molar-refractivity contribution is 0.669. The Morgan fingerprint density at radius 3 is 1.16 bits per heavy atom. The van der Waals surface area contributed by atoms with E-state index >= 15 is 0 Å². The summed E-state index contributed by atoms with van der Waals surface area (Å²) >= 11 is 0. The number of para-hydroxylation sites is 2. The van der Waals surface area contributed by atoms with E-state index < -0.39 is 0 Å². The molecule has 8 aromatic carbocycles. The Morgan fingerprint density at radius 1 is 0.353 bits per heavy atom. The predicted octanol–water partition coefficient (Wildman–Crippen LogP) is 14.1. The Bertz CT molecular complexity index is 2580. The molecule has 51 heavy (non-hydrogen) atoms. The zero-order chi connectivity index (χ0) is 34.6. The molecule has 0 unspecified atom stereocenters. The van der Waals surface area contributed by atoms with Gasteiger partial charge in [0.05, 0.1) is 11.4 Å². The van der Waals surface area contributed by atoms with Gasteiger partial charge >= 0.3 is 0 Å². The molecular formula is C48H38N2O. The zero-order valence-corrected chi connectivity index (χ0v) is 29.3. The molecule has 0 aliphatic heterocycles. The van der Waals surface area contributed by atoms with Crippen LogP contribution in [-0.4, -0.2) is 0 Å². The van der Waals surface area contributed by atoms with Crippen molar-refractivity contribution >= 4 is 77.6 Å². The van der Waals surface area contributed by atoms with E-state index in [1.807, 2.05) is 0 Å². The average Bonchev–Trinajstić information content (AvgIpc) is 3.52. The van der Waals surface area contributed by atoms with Gasteiger partial charge in [-0.05, 0) is 97.1 Å². The Labute approximate surface area is 298 Å². The third-order valence-corrected chi connectivity index (χ3v) is 10.2. The molecule has 0 saturated heterocycles. The topological polar surface area (TPSA) is 19.6 Å². The number of hydrogen-bond donors (Lipinski definition) is 0. The summed E-state index contributed by atoms with van der Waals surface area (Å²) in [5, 5.41) is 6.96. The Morgan fingerprint density at radius 2 is 0.745 bits per heavy atom. The number of furan rings is 1. The van der Waals surface area contributed by atoms with Gasteiger partial charge in [-0.2, -0.15) is 0 Å². The largest absolute Gasteiger partial charge is 0.456 e. The van der Waals surface area contributed by atoms with E-state index in [1.54, 1.807) is 0 Å². The number of aryl methyl sites for hydroxylation is 4. The van der Waals surface area contributed by atoms with Crippen molar-refractivity contribution in [3.05, 3.63) is 180 Å². The molecule has 9 aromatic rings. The fourth-order valence-electron chi connectivity index (χ4n) is 7.81. The zero-order valence-electron chi connectivity index (χ0n) is 29.3. The van der Waals surface area contributed by atoms with Crippen molar-refractivity contribution in [2.24, 2.45) is 0 Å². The van der Waals surface area contributed by atoms with Crippen molar-refractivity contribution in [3.63, 3.8) is 0 Å². The quantitative estimate of drug-likeness (QED) is 0.177. The van der Waals surface area contributed by atoms with Crippen LogP contribution in [0, 0.1) is 27.7 Å². The van der Waals surface area contributed by atoms with Gasteiger partial charge < -0.3 is 14.2 Å². The molecule has 1 heterocycles. The van der Waals surface area contributed by atoms with E-state index in [-0.39, 0.29) is 0 Å². The smallest absolute Gasteiger partial charge is 0.138 e. The van der Waals surface area contributed by atoms with E-state index in [0.29, 0.717) is 0 Å². The van der Waals surface area contributed by atoms with Crippen LogP contribution in [0.1, 0.15) is 22.3 Å². The molecule has 3 heteroatoms. The number of fused-ring (bicyclic) bond motifs is 7. The number of hydrogen-bond acceptors (Lipinski definition) is 3. The van der Waals surface area contributed by atoms with Crippen LogP contribution in [0.25, 0.3) is 43.5 Å². The molecule has 0 spiro atoms. The van der Waals surface area contributed by atoms with Crippen molar-refractivity contribution < 1.29 is 4.42 Å². The van der Waals surface area contributed by atoms with E-state index in [2.05, 4.69) is 195 Å². The summed E-state index contributed by atoms with van der Waals surface area (Å²) in [6.07, 6.45) is 0. The van der Waals surface area contributed by atoms with Crippen LogP contribution in [0.5, 0.6) is 0 Å². The summed E-state index contributed by atoms with van der Waals surface area (Å²) in [6.45, 7) is 8.67. The molecule has 1 aromatic heterocycles. The fourth-order valence-corrected chi connectivity index (χ4v) is 7.81. The van der Waals surface area contributed by atoms with Crippen LogP contribution >= 0.6 is 0 Å². The average molecular weight is 659 g/mol. The van der Waals surface area contributed by atoms with Crippen LogP contribution in [-0.2, 0) is 0 Å². The number of benzene rings is 8. The molecule has 0 radical (unpaired) electrons. The monoisotopic (exact) mass is 658 g/mol. The van der Waals surface area contributed by atoms with Crippen LogP contribution < -0.4 is 9.80 Å². The van der Waals surface area contributed by atoms with Gasteiger partial charge in [0.1, 0.15) is 11.2 Å². The third-order valence-electron chi connectivity index (χ3n) is 10.2. The molecule has 0 aliphatic rings. The van der Waals surface area contributed by atoms with E-state index in [4.69, 9.17) is 4.42 Å². The SMILES string of the molecule is Cc1cccc(N(c2ccccc2C)c2cc3oc4cc(N(c5cccc(C)c5)c5ccccc5C)c5ccccc5c4c3c3ccccc23)c1. The first-order chi connectivity index (χ1) is 25.0. The molecule has 0 atom stereocenters. The van der Waals surface area contributed by atoms with Crippen LogP contribution in [0.2, 0.25) is 0 Å². The first kappa shape index (κ1) is 30.7. The molecule has 0 N–H and O–H groups in total. The minimum atomic E-state index is 0.866. The van der Waals surface area contributed by atoms with Crippen molar-refractivity contribution in [2.45, 2.75) is 27.7 Å². The highest BCUT2D eigenvalue weighted by Crippen LogP contribution is 2.49. The van der Waals surface area contributed by atoms with Gasteiger partial charge in [0.15, 0.2) is 0 Å². The molecule has 3 nitrogen and oxygen atoms in total. The third kappa shape index (κ3) is 5.13. The normalized spacial score (nSPS) is 11.5. The molecular weight excluding hydrogens is 621 g/mol. The molecule has 0 saturated carbocycles. The van der Waals surface area contributed by atoms with Crippen molar-refractivity contribution in [1.29, 1.82) is 0 Å². The van der Waals surface area contributed by atoms with Gasteiger partial charge in [-0.25, -0.2) is 0 Å². The lowest BCUT2D eigenvalue weighted by Crippen LogP contribution is -2.12. The standard InChI is InChI=1S/C48H38N2O/c1-31-15-13-19-35(27-31)49(41-25-11-5-17-33(41)3)43-29-45-47(39-23-9-7-21-37(39)43)48-40-24-10-8-22-38(40)44(30-46(48)51-45)50(36-20-14-16-32(2)28-36)42-26-12-6-18-34(42)4/h5-30H,1-4H3. The summed E-state index contributed by atoms with van der Waals surface area (Å²) in [4.78, 5) is 4.77. The van der Waals surface area contributed by atoms with Crippen molar-refractivity contribution in [1.82, 2.24) is 0 Å². The maximum absolute atomic E-state index is 7.05. The van der Waals surface area contributed by atoms with Crippen molar-refractivity contribution in [3.8, 4) is 0 Å². The van der Waals surface area contributed by atoms with E-state index in [1.165, 1.54) is 43.8 Å². The molecule has 0 aliphatic carbocycles. The first-order valence-corrected chi connectivity index (χ1v) is 17.6. The van der Waals surface area contributed by atoms with Gasteiger partial charge in [-0.15, -0.1) is 0 Å². The predicted molar refractivity (Wildman–Crippen MR) is 217 cm³/mol. The number of anilines is 6. The minimum absolute atomic E-state index is 0.866. The maximum atomic E-state index is 7.05. The lowest BCUT2D eigenvalue weighted by atomic mass is 9.96. The number of nitrogens with zero attached hydrogens (tertiary/aromatic N) is 2. The molecule has 0 fully saturated rings. The second-order valence-electron chi connectivity index (χ2n) is 13.7. The Balaban J connectivity index is 1.38. The summed E-state index contributed by atoms with van der Waals surface area (Å²) in [6, 6.07) is 56.8. The van der Waals surface area contributed by atoms with Gasteiger partial charge in [0.25, 0.3) is 0 Å². The summed E-state index contributed by atoms with van der Waals surface area (Å²) in [5.74, 6) is 0. The van der Waals surface area contributed by atoms with E-state index in [9.17, 15) is 0 Å². The van der Waals surface area contributed by atoms with Gasteiger partial charge in [0, 0.05) is 56.4 Å². The first-order valence-electron chi connectivity index (χ1n) is 17.6. The highest BCUT2D eigenvalue weighted by Gasteiger charge is 2.25. The van der Waals surface area contributed by atoms with Crippen LogP contribution in [0.3, 0.4) is 0 Å². The highest BCUT2D eigenvalue weighted by atomic mass is 16.3. The summed E-state index contributed by atoms with van der Waals surface area (Å²) in [7, 11) is 0. The molecule has 9 rings (SSSR count). The van der Waals surface area contributed by atoms with Gasteiger partial charge in [0.2, 0.25) is 0 Å². The van der Waals surface area contributed by atoms with Crippen molar-refractivity contribution in [2.75, 3.05) is 9.80 Å². The van der Waals surface area contributed by atoms with E-state index in [0.717, 1.165) is 56.1 Å². The number of rotatable bonds is 6. The fraction of sp³-hybridized carbons (Fsp3) is 0.0833. The Hall–Kier alpha value is -6.32.